The molecule has 0 aliphatic heterocycles. The van der Waals surface area contributed by atoms with E-state index in [4.69, 9.17) is 4.74 Å². The maximum absolute atomic E-state index is 11.9. The lowest BCUT2D eigenvalue weighted by molar-refractivity contribution is -0.128. The number of aryl methyl sites for hydroxylation is 2. The van der Waals surface area contributed by atoms with Crippen molar-refractivity contribution in [2.24, 2.45) is 0 Å². The highest BCUT2D eigenvalue weighted by Gasteiger charge is 2.20. The van der Waals surface area contributed by atoms with Gasteiger partial charge < -0.3 is 10.1 Å². The van der Waals surface area contributed by atoms with Crippen LogP contribution >= 0.6 is 0 Å². The topological polar surface area (TPSA) is 38.3 Å². The van der Waals surface area contributed by atoms with Crippen LogP contribution in [0, 0.1) is 13.8 Å². The molecule has 0 radical (unpaired) electrons. The predicted molar refractivity (Wildman–Crippen MR) is 73.9 cm³/mol. The Labute approximate surface area is 110 Å². The summed E-state index contributed by atoms with van der Waals surface area (Å²) < 4.78 is 5.72. The van der Waals surface area contributed by atoms with Crippen molar-refractivity contribution in [3.05, 3.63) is 29.3 Å². The van der Waals surface area contributed by atoms with E-state index in [-0.39, 0.29) is 11.4 Å². The van der Waals surface area contributed by atoms with Gasteiger partial charge >= 0.3 is 0 Å². The number of hydrogen-bond donors (Lipinski definition) is 1. The van der Waals surface area contributed by atoms with Crippen LogP contribution < -0.4 is 10.1 Å². The Kier molecular flexibility index (Phi) is 4.38. The van der Waals surface area contributed by atoms with E-state index in [0.29, 0.717) is 0 Å². The third-order valence-corrected chi connectivity index (χ3v) is 2.51. The van der Waals surface area contributed by atoms with Crippen LogP contribution in [0.25, 0.3) is 0 Å². The van der Waals surface area contributed by atoms with E-state index < -0.39 is 6.10 Å². The second-order valence-electron chi connectivity index (χ2n) is 5.77. The summed E-state index contributed by atoms with van der Waals surface area (Å²) in [4.78, 5) is 11.9. The quantitative estimate of drug-likeness (QED) is 0.894. The van der Waals surface area contributed by atoms with Crippen molar-refractivity contribution in [3.8, 4) is 5.75 Å². The molecule has 0 fully saturated rings. The molecule has 18 heavy (non-hydrogen) atoms. The molecule has 0 aliphatic carbocycles. The number of nitrogens with one attached hydrogen (secondary N) is 1. The molecule has 0 unspecified atom stereocenters. The first-order valence-electron chi connectivity index (χ1n) is 6.25. The molecule has 0 saturated heterocycles. The van der Waals surface area contributed by atoms with E-state index in [9.17, 15) is 4.79 Å². The molecule has 0 spiro atoms. The van der Waals surface area contributed by atoms with Crippen LogP contribution in [-0.4, -0.2) is 17.6 Å². The van der Waals surface area contributed by atoms with Gasteiger partial charge in [-0.05, 0) is 58.7 Å². The highest BCUT2D eigenvalue weighted by Crippen LogP contribution is 2.20. The fraction of sp³-hybridized carbons (Fsp3) is 0.533. The minimum Gasteiger partial charge on any atom is -0.481 e. The Morgan fingerprint density at radius 3 is 2.44 bits per heavy atom. The molecule has 0 aliphatic rings. The van der Waals surface area contributed by atoms with E-state index >= 15 is 0 Å². The fourth-order valence-electron chi connectivity index (χ4n) is 1.55. The minimum absolute atomic E-state index is 0.0941. The van der Waals surface area contributed by atoms with Crippen molar-refractivity contribution in [1.29, 1.82) is 0 Å². The van der Waals surface area contributed by atoms with Crippen molar-refractivity contribution in [2.75, 3.05) is 0 Å². The molecule has 0 bridgehead atoms. The average Bonchev–Trinajstić information content (AvgIpc) is 2.21. The Balaban J connectivity index is 2.72. The van der Waals surface area contributed by atoms with Gasteiger partial charge in [-0.25, -0.2) is 0 Å². The monoisotopic (exact) mass is 249 g/mol. The van der Waals surface area contributed by atoms with Gasteiger partial charge in [-0.2, -0.15) is 0 Å². The highest BCUT2D eigenvalue weighted by molar-refractivity contribution is 5.81. The standard InChI is InChI=1S/C15H23NO2/c1-10-7-8-11(2)13(9-10)18-12(3)14(17)16-15(4,5)6/h7-9,12H,1-6H3,(H,16,17)/t12-/m1/s1. The zero-order chi connectivity index (χ0) is 13.9. The van der Waals surface area contributed by atoms with Crippen molar-refractivity contribution < 1.29 is 9.53 Å². The van der Waals surface area contributed by atoms with Crippen molar-refractivity contribution in [3.63, 3.8) is 0 Å². The van der Waals surface area contributed by atoms with E-state index in [1.807, 2.05) is 52.8 Å². The van der Waals surface area contributed by atoms with Gasteiger partial charge in [0.1, 0.15) is 5.75 Å². The molecule has 1 rings (SSSR count). The molecule has 3 heteroatoms. The van der Waals surface area contributed by atoms with Gasteiger partial charge in [0.25, 0.3) is 5.91 Å². The molecule has 1 amide bonds. The number of hydrogen-bond acceptors (Lipinski definition) is 2. The highest BCUT2D eigenvalue weighted by atomic mass is 16.5. The molecular weight excluding hydrogens is 226 g/mol. The van der Waals surface area contributed by atoms with Crippen LogP contribution in [-0.2, 0) is 4.79 Å². The van der Waals surface area contributed by atoms with Crippen molar-refractivity contribution in [2.45, 2.75) is 53.2 Å². The van der Waals surface area contributed by atoms with E-state index in [1.54, 1.807) is 6.92 Å². The first-order valence-corrected chi connectivity index (χ1v) is 6.25. The van der Waals surface area contributed by atoms with Gasteiger partial charge in [0.15, 0.2) is 6.10 Å². The van der Waals surface area contributed by atoms with E-state index in [2.05, 4.69) is 5.32 Å². The van der Waals surface area contributed by atoms with Crippen LogP contribution in [0.1, 0.15) is 38.8 Å². The van der Waals surface area contributed by atoms with Crippen LogP contribution in [0.5, 0.6) is 5.75 Å². The predicted octanol–water partition coefficient (Wildman–Crippen LogP) is 2.99. The number of carbonyl (C=O) groups is 1. The van der Waals surface area contributed by atoms with Gasteiger partial charge in [0, 0.05) is 5.54 Å². The number of amides is 1. The Morgan fingerprint density at radius 2 is 1.89 bits per heavy atom. The van der Waals surface area contributed by atoms with Gasteiger partial charge in [-0.1, -0.05) is 12.1 Å². The summed E-state index contributed by atoms with van der Waals surface area (Å²) in [6, 6.07) is 5.98. The molecule has 100 valence electrons. The largest absolute Gasteiger partial charge is 0.481 e. The fourth-order valence-corrected chi connectivity index (χ4v) is 1.55. The van der Waals surface area contributed by atoms with Crippen LogP contribution in [0.4, 0.5) is 0 Å². The van der Waals surface area contributed by atoms with Gasteiger partial charge in [0.2, 0.25) is 0 Å². The molecule has 3 nitrogen and oxygen atoms in total. The van der Waals surface area contributed by atoms with Crippen molar-refractivity contribution >= 4 is 5.91 Å². The summed E-state index contributed by atoms with van der Waals surface area (Å²) >= 11 is 0. The van der Waals surface area contributed by atoms with Crippen LogP contribution in [0.3, 0.4) is 0 Å². The second-order valence-corrected chi connectivity index (χ2v) is 5.77. The maximum atomic E-state index is 11.9. The lowest BCUT2D eigenvalue weighted by Gasteiger charge is -2.24. The molecule has 1 N–H and O–H groups in total. The number of benzene rings is 1. The van der Waals surface area contributed by atoms with Gasteiger partial charge in [-0.15, -0.1) is 0 Å². The summed E-state index contributed by atoms with van der Waals surface area (Å²) in [5, 5.41) is 2.91. The second kappa shape index (κ2) is 5.42. The summed E-state index contributed by atoms with van der Waals surface area (Å²) in [6.45, 7) is 11.6. The number of ether oxygens (including phenoxy) is 1. The summed E-state index contributed by atoms with van der Waals surface area (Å²) in [5.41, 5.74) is 1.92. The maximum Gasteiger partial charge on any atom is 0.261 e. The molecule has 0 aromatic heterocycles. The lowest BCUT2D eigenvalue weighted by Crippen LogP contribution is -2.46. The van der Waals surface area contributed by atoms with Gasteiger partial charge in [0.05, 0.1) is 0 Å². The van der Waals surface area contributed by atoms with Crippen molar-refractivity contribution in [1.82, 2.24) is 5.32 Å². The molecule has 1 aromatic carbocycles. The average molecular weight is 249 g/mol. The lowest BCUT2D eigenvalue weighted by atomic mass is 10.1. The Bertz CT molecular complexity index is 433. The summed E-state index contributed by atoms with van der Waals surface area (Å²) in [7, 11) is 0. The summed E-state index contributed by atoms with van der Waals surface area (Å²) in [6.07, 6.45) is -0.496. The molecule has 1 atom stereocenters. The normalized spacial score (nSPS) is 13.0. The van der Waals surface area contributed by atoms with E-state index in [1.165, 1.54) is 0 Å². The Hall–Kier alpha value is -1.51. The van der Waals surface area contributed by atoms with Crippen LogP contribution in [0.15, 0.2) is 18.2 Å². The first-order chi connectivity index (χ1) is 8.19. The van der Waals surface area contributed by atoms with Crippen LogP contribution in [0.2, 0.25) is 0 Å². The first kappa shape index (κ1) is 14.6. The third-order valence-electron chi connectivity index (χ3n) is 2.51. The molecule has 1 aromatic rings. The van der Waals surface area contributed by atoms with Gasteiger partial charge in [-0.3, -0.25) is 4.79 Å². The summed E-state index contributed by atoms with van der Waals surface area (Å²) in [5.74, 6) is 0.676. The minimum atomic E-state index is -0.496. The molecule has 0 saturated carbocycles. The van der Waals surface area contributed by atoms with E-state index in [0.717, 1.165) is 16.9 Å². The molecular formula is C15H23NO2. The SMILES string of the molecule is Cc1ccc(C)c(O[C@H](C)C(=O)NC(C)(C)C)c1. The molecule has 0 heterocycles. The third kappa shape index (κ3) is 4.40. The smallest absolute Gasteiger partial charge is 0.261 e. The zero-order valence-corrected chi connectivity index (χ0v) is 12.1. The zero-order valence-electron chi connectivity index (χ0n) is 12.1. The number of rotatable bonds is 3. The number of carbonyl (C=O) groups excluding carboxylic acids is 1. The Morgan fingerprint density at radius 1 is 1.28 bits per heavy atom.